The second kappa shape index (κ2) is 8.61. The summed E-state index contributed by atoms with van der Waals surface area (Å²) >= 11 is 0. The first-order valence-electron chi connectivity index (χ1n) is 11.3. The van der Waals surface area contributed by atoms with Crippen LogP contribution in [0.4, 0.5) is 0 Å². The molecule has 6 nitrogen and oxygen atoms in total. The molecule has 2 aliphatic rings. The van der Waals surface area contributed by atoms with E-state index in [0.717, 1.165) is 42.7 Å². The lowest BCUT2D eigenvalue weighted by atomic mass is 9.90. The standard InChI is InChI=1S/C26H27N3O3/c30-24(28-14-10-21-4-1-2-13-27-21)22-18-26(22)11-15-29(16-12-26)25(31)20-8-6-19(7-9-20)23-5-3-17-32-23/h1-9,13,17,22H,10-12,14-16,18H2,(H,28,30)/t22-/m1/s1. The summed E-state index contributed by atoms with van der Waals surface area (Å²) in [7, 11) is 0. The zero-order valence-corrected chi connectivity index (χ0v) is 18.0. The van der Waals surface area contributed by atoms with E-state index in [4.69, 9.17) is 4.42 Å². The quantitative estimate of drug-likeness (QED) is 0.644. The monoisotopic (exact) mass is 429 g/mol. The van der Waals surface area contributed by atoms with E-state index in [2.05, 4.69) is 10.3 Å². The number of pyridine rings is 1. The highest BCUT2D eigenvalue weighted by molar-refractivity contribution is 5.94. The largest absolute Gasteiger partial charge is 0.464 e. The highest BCUT2D eigenvalue weighted by atomic mass is 16.3. The van der Waals surface area contributed by atoms with Crippen molar-refractivity contribution < 1.29 is 14.0 Å². The molecule has 1 spiro atoms. The lowest BCUT2D eigenvalue weighted by molar-refractivity contribution is -0.123. The summed E-state index contributed by atoms with van der Waals surface area (Å²) in [4.78, 5) is 31.8. The van der Waals surface area contributed by atoms with Crippen LogP contribution in [0.15, 0.2) is 71.5 Å². The summed E-state index contributed by atoms with van der Waals surface area (Å²) in [6.07, 6.45) is 6.87. The Morgan fingerprint density at radius 1 is 1.06 bits per heavy atom. The van der Waals surface area contributed by atoms with E-state index in [9.17, 15) is 9.59 Å². The summed E-state index contributed by atoms with van der Waals surface area (Å²) in [5, 5.41) is 3.07. The Hall–Kier alpha value is -3.41. The van der Waals surface area contributed by atoms with Gasteiger partial charge in [-0.2, -0.15) is 0 Å². The van der Waals surface area contributed by atoms with Gasteiger partial charge in [-0.05, 0) is 61.1 Å². The maximum Gasteiger partial charge on any atom is 0.253 e. The molecule has 2 aromatic heterocycles. The number of furan rings is 1. The highest BCUT2D eigenvalue weighted by Gasteiger charge is 2.58. The Kier molecular flexibility index (Phi) is 5.52. The van der Waals surface area contributed by atoms with Gasteiger partial charge in [0, 0.05) is 55.0 Å². The molecule has 2 amide bonds. The van der Waals surface area contributed by atoms with Crippen molar-refractivity contribution in [2.24, 2.45) is 11.3 Å². The van der Waals surface area contributed by atoms with Crippen molar-refractivity contribution in [3.63, 3.8) is 0 Å². The third kappa shape index (κ3) is 4.17. The minimum absolute atomic E-state index is 0.0582. The minimum atomic E-state index is 0.0582. The van der Waals surface area contributed by atoms with E-state index in [-0.39, 0.29) is 23.1 Å². The Balaban J connectivity index is 1.10. The number of likely N-dealkylation sites (tertiary alicyclic amines) is 1. The van der Waals surface area contributed by atoms with E-state index in [0.29, 0.717) is 25.2 Å². The van der Waals surface area contributed by atoms with Crippen molar-refractivity contribution in [2.75, 3.05) is 19.6 Å². The first-order chi connectivity index (χ1) is 15.6. The predicted octanol–water partition coefficient (Wildman–Crippen LogP) is 3.94. The van der Waals surface area contributed by atoms with Crippen LogP contribution in [0.3, 0.4) is 0 Å². The van der Waals surface area contributed by atoms with Gasteiger partial charge in [-0.1, -0.05) is 18.2 Å². The predicted molar refractivity (Wildman–Crippen MR) is 121 cm³/mol. The van der Waals surface area contributed by atoms with Gasteiger partial charge in [0.15, 0.2) is 0 Å². The van der Waals surface area contributed by atoms with Gasteiger partial charge in [0.05, 0.1) is 6.26 Å². The Morgan fingerprint density at radius 2 is 1.88 bits per heavy atom. The molecule has 3 aromatic rings. The molecule has 1 saturated heterocycles. The minimum Gasteiger partial charge on any atom is -0.464 e. The number of piperidine rings is 1. The lowest BCUT2D eigenvalue weighted by Crippen LogP contribution is -2.40. The number of rotatable bonds is 6. The molecule has 0 radical (unpaired) electrons. The normalized spacial score (nSPS) is 19.0. The van der Waals surface area contributed by atoms with Crippen LogP contribution in [0.2, 0.25) is 0 Å². The van der Waals surface area contributed by atoms with Crippen LogP contribution in [0.25, 0.3) is 11.3 Å². The SMILES string of the molecule is O=C(NCCc1ccccn1)[C@H]1CC12CCN(C(=O)c1ccc(-c3ccco3)cc1)CC2. The average Bonchev–Trinajstić information content (AvgIpc) is 3.26. The Morgan fingerprint density at radius 3 is 2.56 bits per heavy atom. The van der Waals surface area contributed by atoms with Crippen LogP contribution in [-0.2, 0) is 11.2 Å². The number of benzene rings is 1. The maximum absolute atomic E-state index is 12.9. The van der Waals surface area contributed by atoms with Crippen LogP contribution in [0, 0.1) is 11.3 Å². The van der Waals surface area contributed by atoms with Crippen LogP contribution in [0.5, 0.6) is 0 Å². The average molecular weight is 430 g/mol. The van der Waals surface area contributed by atoms with E-state index in [1.54, 1.807) is 12.5 Å². The molecule has 32 heavy (non-hydrogen) atoms. The van der Waals surface area contributed by atoms with Gasteiger partial charge >= 0.3 is 0 Å². The molecule has 0 bridgehead atoms. The number of hydrogen-bond donors (Lipinski definition) is 1. The Bertz CT molecular complexity index is 1070. The maximum atomic E-state index is 12.9. The second-order valence-electron chi connectivity index (χ2n) is 8.83. The molecule has 1 saturated carbocycles. The fraction of sp³-hybridized carbons (Fsp3) is 0.346. The van der Waals surface area contributed by atoms with E-state index in [1.165, 1.54) is 0 Å². The molecule has 5 rings (SSSR count). The first kappa shape index (κ1) is 20.5. The number of carbonyl (C=O) groups excluding carboxylic acids is 2. The van der Waals surface area contributed by atoms with Crippen LogP contribution < -0.4 is 5.32 Å². The smallest absolute Gasteiger partial charge is 0.253 e. The molecular weight excluding hydrogens is 402 g/mol. The molecule has 1 atom stereocenters. The molecule has 3 heterocycles. The molecule has 1 N–H and O–H groups in total. The van der Waals surface area contributed by atoms with Crippen LogP contribution in [0.1, 0.15) is 35.3 Å². The van der Waals surface area contributed by atoms with Gasteiger partial charge in [-0.3, -0.25) is 14.6 Å². The molecule has 2 fully saturated rings. The molecule has 1 aliphatic carbocycles. The summed E-state index contributed by atoms with van der Waals surface area (Å²) in [5.41, 5.74) is 2.71. The summed E-state index contributed by atoms with van der Waals surface area (Å²) in [6.45, 7) is 2.02. The van der Waals surface area contributed by atoms with Crippen molar-refractivity contribution in [2.45, 2.75) is 25.7 Å². The van der Waals surface area contributed by atoms with Crippen LogP contribution in [-0.4, -0.2) is 41.3 Å². The second-order valence-corrected chi connectivity index (χ2v) is 8.83. The van der Waals surface area contributed by atoms with Gasteiger partial charge in [0.1, 0.15) is 5.76 Å². The van der Waals surface area contributed by atoms with Crippen molar-refractivity contribution in [3.8, 4) is 11.3 Å². The lowest BCUT2D eigenvalue weighted by Gasteiger charge is -2.33. The van der Waals surface area contributed by atoms with E-state index < -0.39 is 0 Å². The van der Waals surface area contributed by atoms with Gasteiger partial charge < -0.3 is 14.6 Å². The van der Waals surface area contributed by atoms with Crippen molar-refractivity contribution in [1.29, 1.82) is 0 Å². The zero-order valence-electron chi connectivity index (χ0n) is 18.0. The summed E-state index contributed by atoms with van der Waals surface area (Å²) in [5.74, 6) is 1.08. The molecular formula is C26H27N3O3. The first-order valence-corrected chi connectivity index (χ1v) is 11.3. The molecule has 0 unspecified atom stereocenters. The van der Waals surface area contributed by atoms with Crippen molar-refractivity contribution in [3.05, 3.63) is 78.3 Å². The third-order valence-electron chi connectivity index (χ3n) is 6.90. The summed E-state index contributed by atoms with van der Waals surface area (Å²) < 4.78 is 5.41. The molecule has 1 aliphatic heterocycles. The third-order valence-corrected chi connectivity index (χ3v) is 6.90. The van der Waals surface area contributed by atoms with Crippen molar-refractivity contribution >= 4 is 11.8 Å². The van der Waals surface area contributed by atoms with Gasteiger partial charge in [0.2, 0.25) is 5.91 Å². The van der Waals surface area contributed by atoms with Crippen LogP contribution >= 0.6 is 0 Å². The van der Waals surface area contributed by atoms with Gasteiger partial charge in [-0.25, -0.2) is 0 Å². The number of aromatic nitrogens is 1. The number of amides is 2. The van der Waals surface area contributed by atoms with Gasteiger partial charge in [-0.15, -0.1) is 0 Å². The zero-order chi connectivity index (χ0) is 22.0. The van der Waals surface area contributed by atoms with E-state index in [1.807, 2.05) is 59.5 Å². The Labute approximate surface area is 187 Å². The molecule has 164 valence electrons. The van der Waals surface area contributed by atoms with Gasteiger partial charge in [0.25, 0.3) is 5.91 Å². The number of nitrogens with zero attached hydrogens (tertiary/aromatic N) is 2. The fourth-order valence-electron chi connectivity index (χ4n) is 4.81. The number of hydrogen-bond acceptors (Lipinski definition) is 4. The van der Waals surface area contributed by atoms with E-state index >= 15 is 0 Å². The fourth-order valence-corrected chi connectivity index (χ4v) is 4.81. The number of nitrogens with one attached hydrogen (secondary N) is 1. The molecule has 6 heteroatoms. The highest BCUT2D eigenvalue weighted by Crippen LogP contribution is 2.59. The van der Waals surface area contributed by atoms with Crippen molar-refractivity contribution in [1.82, 2.24) is 15.2 Å². The number of carbonyl (C=O) groups is 2. The molecule has 1 aromatic carbocycles. The topological polar surface area (TPSA) is 75.4 Å². The summed E-state index contributed by atoms with van der Waals surface area (Å²) in [6, 6.07) is 17.1.